The van der Waals surface area contributed by atoms with Gasteiger partial charge >= 0.3 is 0 Å². The predicted octanol–water partition coefficient (Wildman–Crippen LogP) is 3.75. The molecule has 2 N–H and O–H groups in total. The molecule has 0 fully saturated rings. The van der Waals surface area contributed by atoms with Gasteiger partial charge in [0.05, 0.1) is 5.39 Å². The van der Waals surface area contributed by atoms with Crippen molar-refractivity contribution in [2.75, 3.05) is 11.5 Å². The van der Waals surface area contributed by atoms with Gasteiger partial charge in [-0.25, -0.2) is 9.97 Å². The van der Waals surface area contributed by atoms with Crippen LogP contribution in [0.5, 0.6) is 0 Å². The Kier molecular flexibility index (Phi) is 4.24. The molecule has 96 valence electrons. The van der Waals surface area contributed by atoms with E-state index < -0.39 is 0 Å². The maximum absolute atomic E-state index is 6.07. The van der Waals surface area contributed by atoms with Crippen LogP contribution in [-0.2, 0) is 6.42 Å². The number of thiophene rings is 1. The summed E-state index contributed by atoms with van der Waals surface area (Å²) in [6, 6.07) is 0. The average molecular weight is 279 g/mol. The Morgan fingerprint density at radius 2 is 2.28 bits per heavy atom. The molecule has 0 aliphatic carbocycles. The van der Waals surface area contributed by atoms with Crippen molar-refractivity contribution in [3.63, 3.8) is 0 Å². The van der Waals surface area contributed by atoms with Crippen LogP contribution in [0.1, 0.15) is 19.4 Å². The van der Waals surface area contributed by atoms with Crippen LogP contribution in [-0.4, -0.2) is 15.7 Å². The van der Waals surface area contributed by atoms with E-state index in [4.69, 9.17) is 5.73 Å². The van der Waals surface area contributed by atoms with Gasteiger partial charge in [0.15, 0.2) is 5.16 Å². The van der Waals surface area contributed by atoms with Crippen LogP contribution in [0, 0.1) is 5.92 Å². The molecule has 2 aromatic rings. The smallest absolute Gasteiger partial charge is 0.191 e. The lowest BCUT2D eigenvalue weighted by Gasteiger charge is -2.05. The maximum atomic E-state index is 6.07. The monoisotopic (exact) mass is 279 g/mol. The van der Waals surface area contributed by atoms with Gasteiger partial charge in [-0.15, -0.1) is 17.9 Å². The van der Waals surface area contributed by atoms with E-state index in [2.05, 4.69) is 35.8 Å². The van der Waals surface area contributed by atoms with Gasteiger partial charge in [-0.05, 0) is 23.3 Å². The summed E-state index contributed by atoms with van der Waals surface area (Å²) in [7, 11) is 0. The first-order chi connectivity index (χ1) is 8.61. The van der Waals surface area contributed by atoms with Gasteiger partial charge in [0, 0.05) is 5.75 Å². The highest BCUT2D eigenvalue weighted by atomic mass is 32.2. The fourth-order valence-corrected chi connectivity index (χ4v) is 3.40. The summed E-state index contributed by atoms with van der Waals surface area (Å²) in [5.41, 5.74) is 7.33. The fourth-order valence-electron chi connectivity index (χ4n) is 1.80. The van der Waals surface area contributed by atoms with Gasteiger partial charge < -0.3 is 5.73 Å². The molecule has 0 saturated heterocycles. The molecule has 3 nitrogen and oxygen atoms in total. The second kappa shape index (κ2) is 5.71. The minimum Gasteiger partial charge on any atom is -0.383 e. The van der Waals surface area contributed by atoms with E-state index in [0.29, 0.717) is 11.7 Å². The van der Waals surface area contributed by atoms with Crippen LogP contribution in [0.4, 0.5) is 5.82 Å². The van der Waals surface area contributed by atoms with Crippen molar-refractivity contribution in [2.24, 2.45) is 5.92 Å². The normalized spacial score (nSPS) is 11.3. The fraction of sp³-hybridized carbons (Fsp3) is 0.385. The van der Waals surface area contributed by atoms with E-state index in [9.17, 15) is 0 Å². The van der Waals surface area contributed by atoms with Gasteiger partial charge in [-0.1, -0.05) is 31.7 Å². The maximum Gasteiger partial charge on any atom is 0.191 e. The average Bonchev–Trinajstić information content (AvgIpc) is 2.69. The Hall–Kier alpha value is -1.07. The molecule has 2 heterocycles. The lowest BCUT2D eigenvalue weighted by molar-refractivity contribution is 0.651. The van der Waals surface area contributed by atoms with Crippen LogP contribution >= 0.6 is 23.1 Å². The van der Waals surface area contributed by atoms with E-state index in [-0.39, 0.29) is 0 Å². The topological polar surface area (TPSA) is 51.8 Å². The number of nitrogens with zero attached hydrogens (tertiary/aromatic N) is 2. The van der Waals surface area contributed by atoms with Crippen LogP contribution in [0.25, 0.3) is 10.2 Å². The van der Waals surface area contributed by atoms with Gasteiger partial charge in [0.25, 0.3) is 0 Å². The molecule has 0 aliphatic heterocycles. The third-order valence-corrected chi connectivity index (χ3v) is 4.24. The second-order valence-corrected chi connectivity index (χ2v) is 6.38. The van der Waals surface area contributed by atoms with E-state index in [1.807, 2.05) is 6.08 Å². The number of fused-ring (bicyclic) bond motifs is 1. The largest absolute Gasteiger partial charge is 0.383 e. The first kappa shape index (κ1) is 13.4. The van der Waals surface area contributed by atoms with Crippen LogP contribution < -0.4 is 5.73 Å². The molecular formula is C13H17N3S2. The van der Waals surface area contributed by atoms with Crippen molar-refractivity contribution in [2.45, 2.75) is 25.4 Å². The highest BCUT2D eigenvalue weighted by Gasteiger charge is 2.13. The summed E-state index contributed by atoms with van der Waals surface area (Å²) in [4.78, 5) is 9.90. The zero-order valence-corrected chi connectivity index (χ0v) is 12.3. The standard InChI is InChI=1S/C13H17N3S2/c1-4-5-17-13-15-11(14)10-9(6-8(2)3)7-18-12(10)16-13/h4,7-8H,1,5-6H2,2-3H3,(H2,14,15,16). The summed E-state index contributed by atoms with van der Waals surface area (Å²) in [6.45, 7) is 8.10. The van der Waals surface area contributed by atoms with Crippen molar-refractivity contribution in [1.82, 2.24) is 9.97 Å². The Bertz CT molecular complexity index is 561. The molecule has 0 saturated carbocycles. The van der Waals surface area contributed by atoms with Crippen molar-refractivity contribution in [3.05, 3.63) is 23.6 Å². The molecule has 18 heavy (non-hydrogen) atoms. The summed E-state index contributed by atoms with van der Waals surface area (Å²) in [5, 5.41) is 3.92. The van der Waals surface area contributed by atoms with E-state index >= 15 is 0 Å². The number of anilines is 1. The molecule has 0 aromatic carbocycles. The summed E-state index contributed by atoms with van der Waals surface area (Å²) >= 11 is 3.21. The van der Waals surface area contributed by atoms with E-state index in [1.54, 1.807) is 23.1 Å². The minimum atomic E-state index is 0.600. The van der Waals surface area contributed by atoms with Crippen molar-refractivity contribution in [1.29, 1.82) is 0 Å². The molecular weight excluding hydrogens is 262 g/mol. The minimum absolute atomic E-state index is 0.600. The highest BCUT2D eigenvalue weighted by molar-refractivity contribution is 7.99. The van der Waals surface area contributed by atoms with Gasteiger partial charge in [-0.2, -0.15) is 0 Å². The Balaban J connectivity index is 2.40. The molecule has 0 bridgehead atoms. The van der Waals surface area contributed by atoms with Crippen molar-refractivity contribution >= 4 is 39.1 Å². The lowest BCUT2D eigenvalue weighted by atomic mass is 10.0. The third kappa shape index (κ3) is 2.84. The Labute approximate surface area is 116 Å². The molecule has 0 unspecified atom stereocenters. The van der Waals surface area contributed by atoms with Crippen LogP contribution in [0.3, 0.4) is 0 Å². The molecule has 0 radical (unpaired) electrons. The zero-order valence-electron chi connectivity index (χ0n) is 10.6. The number of thioether (sulfide) groups is 1. The molecule has 0 spiro atoms. The lowest BCUT2D eigenvalue weighted by Crippen LogP contribution is -1.99. The zero-order chi connectivity index (χ0) is 13.1. The SMILES string of the molecule is C=CCSc1nc(N)c2c(CC(C)C)csc2n1. The number of hydrogen-bond acceptors (Lipinski definition) is 5. The molecule has 2 rings (SSSR count). The van der Waals surface area contributed by atoms with Gasteiger partial charge in [0.1, 0.15) is 10.6 Å². The first-order valence-electron chi connectivity index (χ1n) is 5.89. The van der Waals surface area contributed by atoms with E-state index in [0.717, 1.165) is 27.5 Å². The predicted molar refractivity (Wildman–Crippen MR) is 81.3 cm³/mol. The Morgan fingerprint density at radius 3 is 2.94 bits per heavy atom. The number of aromatic nitrogens is 2. The number of nitrogen functional groups attached to an aromatic ring is 1. The molecule has 0 amide bonds. The van der Waals surface area contributed by atoms with Crippen LogP contribution in [0.2, 0.25) is 0 Å². The molecule has 5 heteroatoms. The molecule has 2 aromatic heterocycles. The number of rotatable bonds is 5. The molecule has 0 aliphatic rings. The summed E-state index contributed by atoms with van der Waals surface area (Å²) < 4.78 is 0. The number of hydrogen-bond donors (Lipinski definition) is 1. The van der Waals surface area contributed by atoms with Crippen molar-refractivity contribution in [3.8, 4) is 0 Å². The molecule has 0 atom stereocenters. The highest BCUT2D eigenvalue weighted by Crippen LogP contribution is 2.31. The number of nitrogens with two attached hydrogens (primary N) is 1. The second-order valence-electron chi connectivity index (χ2n) is 4.53. The quantitative estimate of drug-likeness (QED) is 0.514. The Morgan fingerprint density at radius 1 is 1.50 bits per heavy atom. The first-order valence-corrected chi connectivity index (χ1v) is 7.75. The third-order valence-electron chi connectivity index (χ3n) is 2.48. The van der Waals surface area contributed by atoms with Gasteiger partial charge in [0.2, 0.25) is 0 Å². The summed E-state index contributed by atoms with van der Waals surface area (Å²) in [5.74, 6) is 2.01. The van der Waals surface area contributed by atoms with Crippen molar-refractivity contribution < 1.29 is 0 Å². The van der Waals surface area contributed by atoms with Gasteiger partial charge in [-0.3, -0.25) is 0 Å². The van der Waals surface area contributed by atoms with E-state index in [1.165, 1.54) is 5.56 Å². The van der Waals surface area contributed by atoms with Crippen LogP contribution in [0.15, 0.2) is 23.2 Å². The summed E-state index contributed by atoms with van der Waals surface area (Å²) in [6.07, 6.45) is 2.86.